The van der Waals surface area contributed by atoms with Gasteiger partial charge in [0.25, 0.3) is 0 Å². The Morgan fingerprint density at radius 1 is 1.38 bits per heavy atom. The molecule has 1 aromatic heterocycles. The van der Waals surface area contributed by atoms with Crippen LogP contribution in [0.2, 0.25) is 0 Å². The van der Waals surface area contributed by atoms with Crippen molar-refractivity contribution in [2.24, 2.45) is 0 Å². The van der Waals surface area contributed by atoms with E-state index in [4.69, 9.17) is 9.47 Å². The summed E-state index contributed by atoms with van der Waals surface area (Å²) >= 11 is 0. The summed E-state index contributed by atoms with van der Waals surface area (Å²) in [5.41, 5.74) is 0. The third-order valence-corrected chi connectivity index (χ3v) is 5.39. The van der Waals surface area contributed by atoms with Gasteiger partial charge >= 0.3 is 5.13 Å². The van der Waals surface area contributed by atoms with Crippen LogP contribution in [0.3, 0.4) is 0 Å². The quantitative estimate of drug-likeness (QED) is 0.746. The molecule has 1 unspecified atom stereocenters. The van der Waals surface area contributed by atoms with E-state index in [1.54, 1.807) is 11.6 Å². The van der Waals surface area contributed by atoms with Crippen molar-refractivity contribution in [3.05, 3.63) is 35.3 Å². The van der Waals surface area contributed by atoms with Crippen molar-refractivity contribution in [2.75, 3.05) is 37.8 Å². The minimum Gasteiger partial charge on any atom is -0.546 e. The third-order valence-electron chi connectivity index (χ3n) is 3.45. The van der Waals surface area contributed by atoms with Crippen LogP contribution in [0.15, 0.2) is 23.7 Å². The number of thiazole rings is 1. The number of carboxylic acid groups (broad SMARTS) is 1. The number of hydrogen-bond acceptors (Lipinski definition) is 6. The lowest BCUT2D eigenvalue weighted by molar-refractivity contribution is -0.307. The van der Waals surface area contributed by atoms with E-state index < -0.39 is 40.4 Å². The molecule has 0 saturated carbocycles. The Labute approximate surface area is 139 Å². The number of rotatable bonds is 5. The number of hydrogen-bond donors (Lipinski definition) is 0. The van der Waals surface area contributed by atoms with E-state index in [9.17, 15) is 18.7 Å². The molecule has 0 N–H and O–H groups in total. The fourth-order valence-electron chi connectivity index (χ4n) is 2.37. The van der Waals surface area contributed by atoms with Gasteiger partial charge in [0.15, 0.2) is 11.2 Å². The van der Waals surface area contributed by atoms with Crippen LogP contribution < -0.4 is 14.7 Å². The van der Waals surface area contributed by atoms with Gasteiger partial charge < -0.3 is 24.3 Å². The molecule has 1 saturated heterocycles. The van der Waals surface area contributed by atoms with Crippen LogP contribution in [0.4, 0.5) is 13.9 Å². The molecule has 1 fully saturated rings. The molecule has 0 amide bonds. The molecular weight excluding hydrogens is 342 g/mol. The van der Waals surface area contributed by atoms with E-state index in [-0.39, 0.29) is 0 Å². The molecule has 2 heterocycles. The Balaban J connectivity index is 2.01. The first-order chi connectivity index (χ1) is 11.6. The normalized spacial score (nSPS) is 15.4. The van der Waals surface area contributed by atoms with Crippen LogP contribution in [-0.4, -0.2) is 43.9 Å². The lowest BCUT2D eigenvalue weighted by atomic mass is 10.3. The average molecular weight is 356 g/mol. The molecule has 0 bridgehead atoms. The summed E-state index contributed by atoms with van der Waals surface area (Å²) in [4.78, 5) is 17.3. The number of benzene rings is 1. The number of aliphatic carboxylic acids is 1. The predicted molar refractivity (Wildman–Crippen MR) is 81.5 cm³/mol. The molecule has 0 aliphatic carbocycles. The van der Waals surface area contributed by atoms with Crippen molar-refractivity contribution in [1.29, 1.82) is 0 Å². The molecule has 2 aromatic rings. The van der Waals surface area contributed by atoms with Crippen molar-refractivity contribution in [3.63, 3.8) is 0 Å². The smallest absolute Gasteiger partial charge is 0.348 e. The van der Waals surface area contributed by atoms with E-state index in [1.807, 2.05) is 4.90 Å². The number of anilines is 1. The molecule has 0 radical (unpaired) electrons. The topological polar surface area (TPSA) is 74.7 Å². The summed E-state index contributed by atoms with van der Waals surface area (Å²) in [6.45, 7) is 1.54. The second kappa shape index (κ2) is 7.10. The van der Waals surface area contributed by atoms with Crippen molar-refractivity contribution in [1.82, 2.24) is 4.98 Å². The van der Waals surface area contributed by atoms with Gasteiger partial charge in [0.05, 0.1) is 35.8 Å². The largest absolute Gasteiger partial charge is 0.546 e. The van der Waals surface area contributed by atoms with Gasteiger partial charge in [-0.05, 0) is 6.07 Å². The van der Waals surface area contributed by atoms with E-state index >= 15 is 0 Å². The van der Waals surface area contributed by atoms with Crippen LogP contribution in [0.25, 0.3) is 4.90 Å². The first-order valence-electron chi connectivity index (χ1n) is 7.19. The monoisotopic (exact) mass is 356 g/mol. The van der Waals surface area contributed by atoms with E-state index in [0.717, 1.165) is 6.07 Å². The van der Waals surface area contributed by atoms with Crippen LogP contribution in [-0.2, 0) is 9.53 Å². The van der Waals surface area contributed by atoms with Gasteiger partial charge in [-0.25, -0.2) is 4.39 Å². The van der Waals surface area contributed by atoms with Crippen molar-refractivity contribution >= 4 is 21.6 Å². The molecule has 9 heteroatoms. The highest BCUT2D eigenvalue weighted by molar-refractivity contribution is 7.41. The zero-order valence-corrected chi connectivity index (χ0v) is 13.4. The minimum absolute atomic E-state index is 0.342. The average Bonchev–Trinajstić information content (AvgIpc) is 3.06. The van der Waals surface area contributed by atoms with Crippen LogP contribution in [0, 0.1) is 11.6 Å². The van der Waals surface area contributed by atoms with E-state index in [2.05, 4.69) is 4.98 Å². The van der Waals surface area contributed by atoms with Crippen LogP contribution in [0.5, 0.6) is 5.75 Å². The Hall–Kier alpha value is -2.26. The Bertz CT molecular complexity index is 747. The first-order valence-corrected chi connectivity index (χ1v) is 8.47. The zero-order valence-electron chi connectivity index (χ0n) is 12.5. The molecule has 1 aliphatic rings. The van der Waals surface area contributed by atoms with Gasteiger partial charge in [0.1, 0.15) is 6.61 Å². The molecule has 128 valence electrons. The lowest BCUT2D eigenvalue weighted by Crippen LogP contribution is -2.36. The summed E-state index contributed by atoms with van der Waals surface area (Å²) in [5, 5.41) is 13.1. The van der Waals surface area contributed by atoms with Crippen molar-refractivity contribution in [2.45, 2.75) is 0 Å². The van der Waals surface area contributed by atoms with Gasteiger partial charge in [-0.3, -0.25) is 0 Å². The predicted octanol–water partition coefficient (Wildman–Crippen LogP) is 1.06. The van der Waals surface area contributed by atoms with Gasteiger partial charge in [-0.1, -0.05) is 0 Å². The Morgan fingerprint density at radius 3 is 2.83 bits per heavy atom. The molecule has 6 nitrogen and oxygen atoms in total. The van der Waals surface area contributed by atoms with Gasteiger partial charge in [0.2, 0.25) is 16.5 Å². The van der Waals surface area contributed by atoms with Crippen molar-refractivity contribution < 1.29 is 28.2 Å². The van der Waals surface area contributed by atoms with Crippen LogP contribution in [0.1, 0.15) is 0 Å². The van der Waals surface area contributed by atoms with Gasteiger partial charge in [-0.2, -0.15) is 9.37 Å². The molecule has 1 aliphatic heterocycles. The highest BCUT2D eigenvalue weighted by Crippen LogP contribution is 2.46. The number of nitrogens with zero attached hydrogens (tertiary/aromatic N) is 2. The molecule has 1 atom stereocenters. The van der Waals surface area contributed by atoms with Gasteiger partial charge in [0, 0.05) is 19.2 Å². The van der Waals surface area contributed by atoms with E-state index in [1.165, 1.54) is 6.07 Å². The highest BCUT2D eigenvalue weighted by Gasteiger charge is 2.31. The summed E-state index contributed by atoms with van der Waals surface area (Å²) in [6, 6.07) is 2.38. The fourth-order valence-corrected chi connectivity index (χ4v) is 4.22. The van der Waals surface area contributed by atoms with Gasteiger partial charge in [-0.15, -0.1) is 0 Å². The lowest BCUT2D eigenvalue weighted by Gasteiger charge is -2.24. The second-order valence-electron chi connectivity index (χ2n) is 4.98. The molecule has 1 aromatic carbocycles. The number of morpholine rings is 1. The molecule has 0 spiro atoms. The third kappa shape index (κ3) is 3.31. The number of carboxylic acids is 1. The second-order valence-corrected chi connectivity index (χ2v) is 6.74. The summed E-state index contributed by atoms with van der Waals surface area (Å²) < 4.78 is 37.9. The van der Waals surface area contributed by atoms with Crippen molar-refractivity contribution in [3.8, 4) is 10.6 Å². The number of halogens is 2. The van der Waals surface area contributed by atoms with Crippen LogP contribution >= 0.6 is 10.5 Å². The first kappa shape index (κ1) is 16.6. The SMILES string of the molecule is O=C([O-])COc1c(-[s+]2ccnc2N2CCOCC2)ccc(F)c1F. The Kier molecular flexibility index (Phi) is 4.91. The van der Waals surface area contributed by atoms with E-state index in [0.29, 0.717) is 36.3 Å². The molecule has 3 rings (SSSR count). The molecule has 24 heavy (non-hydrogen) atoms. The minimum atomic E-state index is -1.52. The standard InChI is InChI=1S/C15H14F2N2O4S/c16-10-1-2-11(14(13(10)17)23-9-12(20)21)24-8-3-18-15(24)19-4-6-22-7-5-19/h1-3,8H,4-7,9H2. The number of ether oxygens (including phenoxy) is 2. The zero-order chi connectivity index (χ0) is 17.1. The summed E-state index contributed by atoms with van der Waals surface area (Å²) in [6.07, 6.45) is 1.59. The highest BCUT2D eigenvalue weighted by atomic mass is 32.2. The number of carbonyl (C=O) groups excluding carboxylic acids is 1. The summed E-state index contributed by atoms with van der Waals surface area (Å²) in [7, 11) is -0.776. The summed E-state index contributed by atoms with van der Waals surface area (Å²) in [5.74, 6) is -4.27. The Morgan fingerprint density at radius 2 is 2.12 bits per heavy atom. The maximum atomic E-state index is 14.1. The number of aromatic nitrogens is 1. The maximum Gasteiger partial charge on any atom is 0.348 e. The number of carbonyl (C=O) groups is 1. The maximum absolute atomic E-state index is 14.1. The fraction of sp³-hybridized carbons (Fsp3) is 0.333. The molecular formula is C15H14F2N2O4S.